The second-order valence-corrected chi connectivity index (χ2v) is 7.47. The largest absolute Gasteiger partial charge is 0.504 e. The summed E-state index contributed by atoms with van der Waals surface area (Å²) in [4.78, 5) is 0. The number of rotatable bonds is 4. The molecular weight excluding hydrogens is 312 g/mol. The molecular formula is C13H15N2O4S2+. The van der Waals surface area contributed by atoms with E-state index < -0.39 is 10.0 Å². The Morgan fingerprint density at radius 2 is 1.90 bits per heavy atom. The summed E-state index contributed by atoms with van der Waals surface area (Å²) in [7, 11) is -0.390. The Kier molecular flexibility index (Phi) is 4.19. The van der Waals surface area contributed by atoms with Gasteiger partial charge in [0, 0.05) is 6.07 Å². The standard InChI is InChI=1S/C13H14N2O4S2/c1-14(2)9-15(10-5-6-11(16)12(17)8-10)21(18,19)13-4-3-7-20-13/h3-9H,1-2H3,(H-,16,17)/p+1. The van der Waals surface area contributed by atoms with Crippen LogP contribution in [0.2, 0.25) is 0 Å². The van der Waals surface area contributed by atoms with Crippen LogP contribution in [0.25, 0.3) is 0 Å². The molecule has 0 spiro atoms. The molecule has 0 amide bonds. The minimum atomic E-state index is -3.77. The average Bonchev–Trinajstić information content (AvgIpc) is 2.93. The van der Waals surface area contributed by atoms with Crippen LogP contribution in [-0.4, -0.2) is 43.6 Å². The summed E-state index contributed by atoms with van der Waals surface area (Å²) in [6.45, 7) is 0. The smallest absolute Gasteiger partial charge is 0.344 e. The van der Waals surface area contributed by atoms with E-state index in [1.165, 1.54) is 30.6 Å². The molecule has 0 aliphatic rings. The summed E-state index contributed by atoms with van der Waals surface area (Å²) >= 11 is 1.11. The molecule has 0 aliphatic heterocycles. The van der Waals surface area contributed by atoms with E-state index in [1.54, 1.807) is 30.1 Å². The van der Waals surface area contributed by atoms with Crippen LogP contribution in [0.15, 0.2) is 39.9 Å². The second-order valence-electron chi connectivity index (χ2n) is 4.49. The summed E-state index contributed by atoms with van der Waals surface area (Å²) in [5, 5.41) is 20.6. The van der Waals surface area contributed by atoms with Crippen LogP contribution < -0.4 is 4.31 Å². The van der Waals surface area contributed by atoms with Crippen molar-refractivity contribution < 1.29 is 23.2 Å². The summed E-state index contributed by atoms with van der Waals surface area (Å²) in [6, 6.07) is 7.02. The molecule has 8 heteroatoms. The zero-order valence-corrected chi connectivity index (χ0v) is 13.1. The Morgan fingerprint density at radius 1 is 1.19 bits per heavy atom. The van der Waals surface area contributed by atoms with E-state index in [-0.39, 0.29) is 21.4 Å². The summed E-state index contributed by atoms with van der Waals surface area (Å²) in [6.07, 6.45) is 1.39. The predicted molar refractivity (Wildman–Crippen MR) is 81.9 cm³/mol. The molecule has 0 radical (unpaired) electrons. The monoisotopic (exact) mass is 327 g/mol. The zero-order chi connectivity index (χ0) is 15.6. The van der Waals surface area contributed by atoms with Crippen molar-refractivity contribution in [3.63, 3.8) is 0 Å². The van der Waals surface area contributed by atoms with Crippen LogP contribution in [0, 0.1) is 0 Å². The molecule has 0 atom stereocenters. The van der Waals surface area contributed by atoms with E-state index in [4.69, 9.17) is 0 Å². The number of nitrogens with zero attached hydrogens (tertiary/aromatic N) is 2. The van der Waals surface area contributed by atoms with Crippen molar-refractivity contribution in [3.05, 3.63) is 35.7 Å². The normalized spacial score (nSPS) is 11.1. The minimum absolute atomic E-state index is 0.188. The molecule has 0 bridgehead atoms. The lowest BCUT2D eigenvalue weighted by Gasteiger charge is -2.13. The van der Waals surface area contributed by atoms with Crippen molar-refractivity contribution in [2.45, 2.75) is 4.21 Å². The number of thiophene rings is 1. The molecule has 2 N–H and O–H groups in total. The third kappa shape index (κ3) is 3.17. The molecule has 1 heterocycles. The average molecular weight is 327 g/mol. The third-order valence-electron chi connectivity index (χ3n) is 2.56. The molecule has 0 saturated carbocycles. The summed E-state index contributed by atoms with van der Waals surface area (Å²) in [5.74, 6) is -0.692. The number of phenols is 2. The van der Waals surface area contributed by atoms with Crippen molar-refractivity contribution >= 4 is 33.4 Å². The van der Waals surface area contributed by atoms with E-state index >= 15 is 0 Å². The number of hydrogen-bond acceptors (Lipinski definition) is 5. The molecule has 2 rings (SSSR count). The highest BCUT2D eigenvalue weighted by molar-refractivity contribution is 7.95. The lowest BCUT2D eigenvalue weighted by Crippen LogP contribution is -2.32. The van der Waals surface area contributed by atoms with Crippen LogP contribution in [0.4, 0.5) is 5.69 Å². The SMILES string of the molecule is C[N+](C)=CN(c1ccc(O)c(O)c1)S(=O)(=O)c1cccs1. The summed E-state index contributed by atoms with van der Waals surface area (Å²) in [5.41, 5.74) is 0.229. The van der Waals surface area contributed by atoms with Crippen molar-refractivity contribution in [3.8, 4) is 11.5 Å². The fourth-order valence-corrected chi connectivity index (χ4v) is 4.12. The van der Waals surface area contributed by atoms with Crippen LogP contribution in [0.5, 0.6) is 11.5 Å². The lowest BCUT2D eigenvalue weighted by atomic mass is 10.3. The Balaban J connectivity index is 2.59. The van der Waals surface area contributed by atoms with E-state index in [0.717, 1.165) is 15.6 Å². The first-order valence-electron chi connectivity index (χ1n) is 5.93. The molecule has 0 saturated heterocycles. The Morgan fingerprint density at radius 3 is 2.43 bits per heavy atom. The highest BCUT2D eigenvalue weighted by Gasteiger charge is 2.32. The number of anilines is 1. The van der Waals surface area contributed by atoms with Crippen LogP contribution in [0.1, 0.15) is 0 Å². The Bertz CT molecular complexity index is 763. The summed E-state index contributed by atoms with van der Waals surface area (Å²) < 4.78 is 28.1. The molecule has 21 heavy (non-hydrogen) atoms. The van der Waals surface area contributed by atoms with Crippen molar-refractivity contribution in [1.82, 2.24) is 0 Å². The van der Waals surface area contributed by atoms with Gasteiger partial charge in [-0.05, 0) is 29.6 Å². The first-order valence-corrected chi connectivity index (χ1v) is 8.25. The van der Waals surface area contributed by atoms with Gasteiger partial charge in [-0.15, -0.1) is 15.6 Å². The van der Waals surface area contributed by atoms with Crippen LogP contribution >= 0.6 is 11.3 Å². The molecule has 1 aromatic heterocycles. The predicted octanol–water partition coefficient (Wildman–Crippen LogP) is 1.65. The first kappa shape index (κ1) is 15.3. The number of sulfonamides is 1. The van der Waals surface area contributed by atoms with Gasteiger partial charge in [-0.3, -0.25) is 4.58 Å². The highest BCUT2D eigenvalue weighted by Crippen LogP contribution is 2.32. The van der Waals surface area contributed by atoms with Gasteiger partial charge in [0.2, 0.25) is 0 Å². The molecule has 2 aromatic rings. The fraction of sp³-hybridized carbons (Fsp3) is 0.154. The van der Waals surface area contributed by atoms with Crippen molar-refractivity contribution in [2.75, 3.05) is 18.4 Å². The van der Waals surface area contributed by atoms with E-state index in [1.807, 2.05) is 0 Å². The lowest BCUT2D eigenvalue weighted by molar-refractivity contribution is -0.459. The molecule has 0 fully saturated rings. The van der Waals surface area contributed by atoms with Crippen molar-refractivity contribution in [1.29, 1.82) is 0 Å². The van der Waals surface area contributed by atoms with Gasteiger partial charge < -0.3 is 10.2 Å². The van der Waals surface area contributed by atoms with Gasteiger partial charge in [0.15, 0.2) is 15.7 Å². The topological polar surface area (TPSA) is 80.8 Å². The molecule has 0 aliphatic carbocycles. The molecule has 6 nitrogen and oxygen atoms in total. The van der Waals surface area contributed by atoms with E-state index in [2.05, 4.69) is 0 Å². The van der Waals surface area contributed by atoms with Crippen molar-refractivity contribution in [2.24, 2.45) is 0 Å². The Labute approximate surface area is 126 Å². The highest BCUT2D eigenvalue weighted by atomic mass is 32.2. The van der Waals surface area contributed by atoms with Crippen LogP contribution in [-0.2, 0) is 10.0 Å². The van der Waals surface area contributed by atoms with E-state index in [0.29, 0.717) is 0 Å². The second kappa shape index (κ2) is 5.74. The molecule has 0 unspecified atom stereocenters. The van der Waals surface area contributed by atoms with Gasteiger partial charge in [-0.25, -0.2) is 0 Å². The third-order valence-corrected chi connectivity index (χ3v) is 5.61. The minimum Gasteiger partial charge on any atom is -0.504 e. The molecule has 112 valence electrons. The maximum atomic E-state index is 12.7. The van der Waals surface area contributed by atoms with Gasteiger partial charge in [-0.1, -0.05) is 0 Å². The van der Waals surface area contributed by atoms with Gasteiger partial charge in [-0.2, -0.15) is 8.42 Å². The quantitative estimate of drug-likeness (QED) is 0.387. The number of aromatic hydroxyl groups is 2. The van der Waals surface area contributed by atoms with E-state index in [9.17, 15) is 18.6 Å². The maximum absolute atomic E-state index is 12.7. The number of benzene rings is 1. The van der Waals surface area contributed by atoms with Gasteiger partial charge in [0.1, 0.15) is 5.69 Å². The van der Waals surface area contributed by atoms with Crippen LogP contribution in [0.3, 0.4) is 0 Å². The zero-order valence-electron chi connectivity index (χ0n) is 11.5. The first-order chi connectivity index (χ1) is 9.82. The molecule has 1 aromatic carbocycles. The van der Waals surface area contributed by atoms with Gasteiger partial charge in [0.05, 0.1) is 14.1 Å². The van der Waals surface area contributed by atoms with Gasteiger partial charge in [0.25, 0.3) is 6.34 Å². The number of hydrogen-bond donors (Lipinski definition) is 2. The fourth-order valence-electron chi connectivity index (χ4n) is 1.63. The Hall–Kier alpha value is -2.06. The van der Waals surface area contributed by atoms with Gasteiger partial charge >= 0.3 is 10.0 Å². The number of phenolic OH excluding ortho intramolecular Hbond substituents is 2. The maximum Gasteiger partial charge on any atom is 0.344 e.